The third-order valence-electron chi connectivity index (χ3n) is 4.01. The largest absolute Gasteiger partial charge is 0.548 e. The van der Waals surface area contributed by atoms with Gasteiger partial charge >= 0.3 is 0 Å². The number of aliphatic carboxylic acids is 1. The van der Waals surface area contributed by atoms with Crippen LogP contribution in [0.5, 0.6) is 0 Å². The minimum Gasteiger partial charge on any atom is -0.548 e. The quantitative estimate of drug-likeness (QED) is 0.690. The zero-order valence-corrected chi connectivity index (χ0v) is 14.3. The number of H-pyrrole nitrogens is 1. The highest BCUT2D eigenvalue weighted by atomic mass is 32.2. The Labute approximate surface area is 145 Å². The maximum absolute atomic E-state index is 12.4. The molecule has 25 heavy (non-hydrogen) atoms. The molecular weight excluding hydrogens is 340 g/mol. The van der Waals surface area contributed by atoms with Gasteiger partial charge < -0.3 is 14.9 Å². The fourth-order valence-electron chi connectivity index (χ4n) is 2.67. The van der Waals surface area contributed by atoms with E-state index in [0.717, 1.165) is 16.5 Å². The average Bonchev–Trinajstić information content (AvgIpc) is 2.97. The summed E-state index contributed by atoms with van der Waals surface area (Å²) in [6.07, 6.45) is 1.66. The number of rotatable bonds is 6. The number of benzene rings is 2. The van der Waals surface area contributed by atoms with E-state index in [1.165, 1.54) is 12.1 Å². The van der Waals surface area contributed by atoms with Gasteiger partial charge in [0.25, 0.3) is 0 Å². The van der Waals surface area contributed by atoms with Crippen LogP contribution in [0, 0.1) is 6.92 Å². The van der Waals surface area contributed by atoms with Gasteiger partial charge in [0, 0.05) is 17.1 Å². The molecule has 130 valence electrons. The summed E-state index contributed by atoms with van der Waals surface area (Å²) in [6, 6.07) is 12.2. The summed E-state index contributed by atoms with van der Waals surface area (Å²) < 4.78 is 27.1. The topological polar surface area (TPSA) is 102 Å². The molecule has 1 aromatic heterocycles. The van der Waals surface area contributed by atoms with E-state index < -0.39 is 22.0 Å². The molecule has 0 aliphatic heterocycles. The summed E-state index contributed by atoms with van der Waals surface area (Å²) in [4.78, 5) is 14.5. The molecule has 1 heterocycles. The first-order valence-electron chi connectivity index (χ1n) is 7.72. The summed E-state index contributed by atoms with van der Waals surface area (Å²) in [7, 11) is -3.96. The Balaban J connectivity index is 1.86. The zero-order chi connectivity index (χ0) is 18.0. The predicted octanol–water partition coefficient (Wildman–Crippen LogP) is 1.12. The van der Waals surface area contributed by atoms with Gasteiger partial charge in [0.1, 0.15) is 0 Å². The molecule has 0 amide bonds. The standard InChI is InChI=1S/C18H18N2O4S/c1-12-6-8-14(9-7-12)25(23,24)20-17(18(21)22)10-13-11-19-16-5-3-2-4-15(13)16/h2-9,11,17,19-20H,10H2,1H3,(H,21,22)/p-1/t17-/m0/s1. The Morgan fingerprint density at radius 2 is 1.84 bits per heavy atom. The van der Waals surface area contributed by atoms with E-state index in [2.05, 4.69) is 9.71 Å². The number of para-hydroxylation sites is 1. The van der Waals surface area contributed by atoms with Crippen LogP contribution in [-0.4, -0.2) is 25.4 Å². The van der Waals surface area contributed by atoms with Crippen molar-refractivity contribution in [2.24, 2.45) is 0 Å². The molecular formula is C18H17N2O4S-. The van der Waals surface area contributed by atoms with Crippen molar-refractivity contribution in [1.29, 1.82) is 0 Å². The highest BCUT2D eigenvalue weighted by Crippen LogP contribution is 2.20. The van der Waals surface area contributed by atoms with Crippen molar-refractivity contribution in [2.75, 3.05) is 0 Å². The minimum atomic E-state index is -3.96. The van der Waals surface area contributed by atoms with Gasteiger partial charge in [0.05, 0.1) is 16.9 Å². The Hall–Kier alpha value is -2.64. The molecule has 6 nitrogen and oxygen atoms in total. The lowest BCUT2D eigenvalue weighted by Gasteiger charge is -2.19. The number of aryl methyl sites for hydroxylation is 1. The first kappa shape index (κ1) is 17.2. The van der Waals surface area contributed by atoms with Crippen LogP contribution in [0.1, 0.15) is 11.1 Å². The second-order valence-electron chi connectivity index (χ2n) is 5.87. The SMILES string of the molecule is Cc1ccc(S(=O)(=O)N[C@@H](Cc2c[nH]c3ccccc23)C(=O)[O-])cc1. The smallest absolute Gasteiger partial charge is 0.241 e. The maximum Gasteiger partial charge on any atom is 0.241 e. The number of sulfonamides is 1. The minimum absolute atomic E-state index is 0.0164. The van der Waals surface area contributed by atoms with Crippen molar-refractivity contribution >= 4 is 26.9 Å². The maximum atomic E-state index is 12.4. The van der Waals surface area contributed by atoms with E-state index in [0.29, 0.717) is 5.56 Å². The van der Waals surface area contributed by atoms with Crippen LogP contribution in [0.3, 0.4) is 0 Å². The van der Waals surface area contributed by atoms with Gasteiger partial charge in [0.15, 0.2) is 0 Å². The monoisotopic (exact) mass is 357 g/mol. The molecule has 3 rings (SSSR count). The molecule has 0 unspecified atom stereocenters. The molecule has 0 radical (unpaired) electrons. The molecule has 0 saturated carbocycles. The van der Waals surface area contributed by atoms with Crippen molar-refractivity contribution in [2.45, 2.75) is 24.3 Å². The Morgan fingerprint density at radius 1 is 1.16 bits per heavy atom. The van der Waals surface area contributed by atoms with Gasteiger partial charge in [-0.25, -0.2) is 13.1 Å². The van der Waals surface area contributed by atoms with Crippen molar-refractivity contribution in [1.82, 2.24) is 9.71 Å². The Bertz CT molecular complexity index is 1010. The third kappa shape index (κ3) is 3.72. The number of fused-ring (bicyclic) bond motifs is 1. The van der Waals surface area contributed by atoms with Crippen LogP contribution in [0.2, 0.25) is 0 Å². The van der Waals surface area contributed by atoms with Gasteiger partial charge in [-0.05, 0) is 37.1 Å². The van der Waals surface area contributed by atoms with E-state index in [4.69, 9.17) is 0 Å². The molecule has 7 heteroatoms. The fraction of sp³-hybridized carbons (Fsp3) is 0.167. The number of carboxylic acids is 1. The molecule has 0 fully saturated rings. The lowest BCUT2D eigenvalue weighted by Crippen LogP contribution is -2.49. The van der Waals surface area contributed by atoms with Crippen LogP contribution in [0.25, 0.3) is 10.9 Å². The second kappa shape index (κ2) is 6.70. The third-order valence-corrected chi connectivity index (χ3v) is 5.50. The number of carboxylic acid groups (broad SMARTS) is 1. The van der Waals surface area contributed by atoms with E-state index in [9.17, 15) is 18.3 Å². The summed E-state index contributed by atoms with van der Waals surface area (Å²) in [6.45, 7) is 1.84. The van der Waals surface area contributed by atoms with E-state index in [1.807, 2.05) is 31.2 Å². The van der Waals surface area contributed by atoms with Crippen molar-refractivity contribution in [3.8, 4) is 0 Å². The zero-order valence-electron chi connectivity index (χ0n) is 13.5. The van der Waals surface area contributed by atoms with Crippen LogP contribution in [-0.2, 0) is 21.2 Å². The lowest BCUT2D eigenvalue weighted by atomic mass is 10.1. The van der Waals surface area contributed by atoms with Gasteiger partial charge in [-0.3, -0.25) is 0 Å². The van der Waals surface area contributed by atoms with Crippen molar-refractivity contribution < 1.29 is 18.3 Å². The van der Waals surface area contributed by atoms with Gasteiger partial charge in [-0.2, -0.15) is 0 Å². The number of carbonyl (C=O) groups is 1. The molecule has 0 spiro atoms. The molecule has 0 aliphatic carbocycles. The second-order valence-corrected chi connectivity index (χ2v) is 7.58. The van der Waals surface area contributed by atoms with Crippen molar-refractivity contribution in [3.63, 3.8) is 0 Å². The molecule has 0 aliphatic rings. The molecule has 1 atom stereocenters. The molecule has 0 saturated heterocycles. The summed E-state index contributed by atoms with van der Waals surface area (Å²) >= 11 is 0. The Kier molecular flexibility index (Phi) is 4.61. The fourth-order valence-corrected chi connectivity index (χ4v) is 3.85. The number of aromatic amines is 1. The van der Waals surface area contributed by atoms with E-state index in [1.54, 1.807) is 18.3 Å². The van der Waals surface area contributed by atoms with Crippen molar-refractivity contribution in [3.05, 3.63) is 65.9 Å². The first-order chi connectivity index (χ1) is 11.9. The molecule has 2 N–H and O–H groups in total. The molecule has 0 bridgehead atoms. The Morgan fingerprint density at radius 3 is 2.52 bits per heavy atom. The number of nitrogens with one attached hydrogen (secondary N) is 2. The summed E-state index contributed by atoms with van der Waals surface area (Å²) in [5.74, 6) is -1.47. The highest BCUT2D eigenvalue weighted by Gasteiger charge is 2.22. The molecule has 3 aromatic rings. The van der Waals surface area contributed by atoms with E-state index in [-0.39, 0.29) is 11.3 Å². The van der Waals surface area contributed by atoms with Crippen LogP contribution in [0.15, 0.2) is 59.6 Å². The van der Waals surface area contributed by atoms with Gasteiger partial charge in [-0.1, -0.05) is 35.9 Å². The highest BCUT2D eigenvalue weighted by molar-refractivity contribution is 7.89. The van der Waals surface area contributed by atoms with E-state index >= 15 is 0 Å². The number of hydrogen-bond acceptors (Lipinski definition) is 4. The summed E-state index contributed by atoms with van der Waals surface area (Å²) in [5.41, 5.74) is 2.47. The first-order valence-corrected chi connectivity index (χ1v) is 9.20. The van der Waals surface area contributed by atoms with Crippen LogP contribution >= 0.6 is 0 Å². The lowest BCUT2D eigenvalue weighted by molar-refractivity contribution is -0.307. The average molecular weight is 357 g/mol. The number of aromatic nitrogens is 1. The summed E-state index contributed by atoms with van der Waals surface area (Å²) in [5, 5.41) is 12.3. The van der Waals surface area contributed by atoms with Gasteiger partial charge in [0.2, 0.25) is 10.0 Å². The normalized spacial score (nSPS) is 13.0. The van der Waals surface area contributed by atoms with Crippen LogP contribution < -0.4 is 9.83 Å². The predicted molar refractivity (Wildman–Crippen MR) is 92.3 cm³/mol. The molecule has 2 aromatic carbocycles. The number of carbonyl (C=O) groups excluding carboxylic acids is 1. The van der Waals surface area contributed by atoms with Gasteiger partial charge in [-0.15, -0.1) is 0 Å². The number of hydrogen-bond donors (Lipinski definition) is 2. The van der Waals surface area contributed by atoms with Crippen LogP contribution in [0.4, 0.5) is 0 Å².